The molecule has 1 saturated heterocycles. The second-order valence-corrected chi connectivity index (χ2v) is 6.77. The molecule has 116 valence electrons. The second kappa shape index (κ2) is 7.10. The lowest BCUT2D eigenvalue weighted by Crippen LogP contribution is -2.50. The zero-order valence-electron chi connectivity index (χ0n) is 12.7. The van der Waals surface area contributed by atoms with Crippen LogP contribution in [0.3, 0.4) is 0 Å². The van der Waals surface area contributed by atoms with Crippen LogP contribution >= 0.6 is 11.6 Å². The Labute approximate surface area is 132 Å². The Morgan fingerprint density at radius 3 is 2.71 bits per heavy atom. The highest BCUT2D eigenvalue weighted by atomic mass is 35.5. The lowest BCUT2D eigenvalue weighted by molar-refractivity contribution is 0.0330. The number of nitrogens with one attached hydrogen (secondary N) is 1. The number of ether oxygens (including phenoxy) is 1. The molecule has 0 radical (unpaired) electrons. The van der Waals surface area contributed by atoms with Crippen LogP contribution in [-0.4, -0.2) is 49.8 Å². The molecule has 0 bridgehead atoms. The van der Waals surface area contributed by atoms with Crippen LogP contribution in [0.4, 0.5) is 0 Å². The van der Waals surface area contributed by atoms with Crippen LogP contribution in [0.15, 0.2) is 24.3 Å². The lowest BCUT2D eigenvalue weighted by atomic mass is 9.75. The number of rotatable bonds is 5. The van der Waals surface area contributed by atoms with Crippen molar-refractivity contribution in [3.63, 3.8) is 0 Å². The summed E-state index contributed by atoms with van der Waals surface area (Å²) in [6.07, 6.45) is 2.41. The van der Waals surface area contributed by atoms with Gasteiger partial charge in [0.05, 0.1) is 13.2 Å². The Kier molecular flexibility index (Phi) is 5.17. The predicted octanol–water partition coefficient (Wildman–Crippen LogP) is 2.90. The zero-order valence-corrected chi connectivity index (χ0v) is 13.5. The number of hydrogen-bond acceptors (Lipinski definition) is 3. The van der Waals surface area contributed by atoms with E-state index in [1.54, 1.807) is 0 Å². The second-order valence-electron chi connectivity index (χ2n) is 6.37. The fraction of sp³-hybridized carbons (Fsp3) is 0.647. The zero-order chi connectivity index (χ0) is 14.7. The van der Waals surface area contributed by atoms with Crippen LogP contribution in [0.2, 0.25) is 5.02 Å². The monoisotopic (exact) mass is 308 g/mol. The summed E-state index contributed by atoms with van der Waals surface area (Å²) >= 11 is 6.28. The van der Waals surface area contributed by atoms with E-state index in [1.807, 2.05) is 12.1 Å². The summed E-state index contributed by atoms with van der Waals surface area (Å²) in [5.41, 5.74) is 1.32. The van der Waals surface area contributed by atoms with Crippen molar-refractivity contribution in [3.05, 3.63) is 34.9 Å². The summed E-state index contributed by atoms with van der Waals surface area (Å²) in [5, 5.41) is 4.68. The van der Waals surface area contributed by atoms with Gasteiger partial charge in [0.25, 0.3) is 0 Å². The number of halogens is 1. The highest BCUT2D eigenvalue weighted by molar-refractivity contribution is 6.31. The van der Waals surface area contributed by atoms with Gasteiger partial charge in [-0.2, -0.15) is 0 Å². The van der Waals surface area contributed by atoms with Crippen molar-refractivity contribution >= 4 is 11.6 Å². The Bertz CT molecular complexity index is 456. The quantitative estimate of drug-likeness (QED) is 0.905. The molecule has 4 heteroatoms. The van der Waals surface area contributed by atoms with Gasteiger partial charge < -0.3 is 10.1 Å². The fourth-order valence-corrected chi connectivity index (χ4v) is 3.73. The minimum Gasteiger partial charge on any atom is -0.379 e. The van der Waals surface area contributed by atoms with E-state index in [0.29, 0.717) is 18.0 Å². The summed E-state index contributed by atoms with van der Waals surface area (Å²) < 4.78 is 5.39. The largest absolute Gasteiger partial charge is 0.379 e. The summed E-state index contributed by atoms with van der Waals surface area (Å²) in [7, 11) is 0. The molecule has 1 aromatic carbocycles. The molecular weight excluding hydrogens is 284 g/mol. The smallest absolute Gasteiger partial charge is 0.0594 e. The standard InChI is InChI=1S/C17H25ClN2O/c1-13(12-20-6-8-21-9-7-20)19-15-10-14(11-15)16-4-2-3-5-17(16)18/h2-5,13-15,19H,6-12H2,1H3. The van der Waals surface area contributed by atoms with E-state index in [9.17, 15) is 0 Å². The van der Waals surface area contributed by atoms with Gasteiger partial charge in [0.15, 0.2) is 0 Å². The minimum atomic E-state index is 0.542. The molecule has 1 aromatic rings. The molecule has 1 aliphatic carbocycles. The third-order valence-corrected chi connectivity index (χ3v) is 4.98. The maximum Gasteiger partial charge on any atom is 0.0594 e. The molecule has 1 N–H and O–H groups in total. The Morgan fingerprint density at radius 1 is 1.29 bits per heavy atom. The van der Waals surface area contributed by atoms with E-state index in [-0.39, 0.29) is 0 Å². The number of nitrogens with zero attached hydrogens (tertiary/aromatic N) is 1. The van der Waals surface area contributed by atoms with Crippen LogP contribution < -0.4 is 5.32 Å². The first-order valence-electron chi connectivity index (χ1n) is 8.03. The summed E-state index contributed by atoms with van der Waals surface area (Å²) in [4.78, 5) is 2.49. The van der Waals surface area contributed by atoms with E-state index < -0.39 is 0 Å². The molecule has 1 atom stereocenters. The topological polar surface area (TPSA) is 24.5 Å². The van der Waals surface area contributed by atoms with Gasteiger partial charge in [-0.25, -0.2) is 0 Å². The average molecular weight is 309 g/mol. The summed E-state index contributed by atoms with van der Waals surface area (Å²) in [6.45, 7) is 7.31. The maximum atomic E-state index is 6.28. The van der Waals surface area contributed by atoms with Gasteiger partial charge in [-0.1, -0.05) is 29.8 Å². The van der Waals surface area contributed by atoms with Crippen LogP contribution in [0.5, 0.6) is 0 Å². The van der Waals surface area contributed by atoms with Gasteiger partial charge >= 0.3 is 0 Å². The molecule has 0 spiro atoms. The molecule has 1 heterocycles. The molecule has 2 aliphatic rings. The van der Waals surface area contributed by atoms with Gasteiger partial charge in [-0.3, -0.25) is 4.90 Å². The molecule has 1 aliphatic heterocycles. The number of morpholine rings is 1. The van der Waals surface area contributed by atoms with Crippen molar-refractivity contribution in [1.82, 2.24) is 10.2 Å². The molecule has 1 unspecified atom stereocenters. The average Bonchev–Trinajstić information content (AvgIpc) is 2.45. The van der Waals surface area contributed by atoms with E-state index in [1.165, 1.54) is 18.4 Å². The molecule has 0 amide bonds. The van der Waals surface area contributed by atoms with E-state index in [4.69, 9.17) is 16.3 Å². The van der Waals surface area contributed by atoms with Gasteiger partial charge in [-0.05, 0) is 37.3 Å². The molecular formula is C17H25ClN2O. The summed E-state index contributed by atoms with van der Waals surface area (Å²) in [6, 6.07) is 9.44. The Hall–Kier alpha value is -0.610. The van der Waals surface area contributed by atoms with E-state index in [0.717, 1.165) is 37.9 Å². The first kappa shape index (κ1) is 15.3. The normalized spacial score (nSPS) is 28.1. The van der Waals surface area contributed by atoms with Crippen LogP contribution in [0.1, 0.15) is 31.2 Å². The van der Waals surface area contributed by atoms with Crippen LogP contribution in [0.25, 0.3) is 0 Å². The van der Waals surface area contributed by atoms with Gasteiger partial charge in [0.2, 0.25) is 0 Å². The van der Waals surface area contributed by atoms with E-state index >= 15 is 0 Å². The van der Waals surface area contributed by atoms with E-state index in [2.05, 4.69) is 29.3 Å². The lowest BCUT2D eigenvalue weighted by Gasteiger charge is -2.39. The third kappa shape index (κ3) is 3.98. The fourth-order valence-electron chi connectivity index (χ4n) is 3.44. The number of benzene rings is 1. The highest BCUT2D eigenvalue weighted by Gasteiger charge is 2.32. The van der Waals surface area contributed by atoms with Gasteiger partial charge in [0.1, 0.15) is 0 Å². The Balaban J connectivity index is 1.41. The van der Waals surface area contributed by atoms with Crippen LogP contribution in [0, 0.1) is 0 Å². The van der Waals surface area contributed by atoms with Crippen molar-refractivity contribution in [3.8, 4) is 0 Å². The molecule has 0 aromatic heterocycles. The van der Waals surface area contributed by atoms with Crippen molar-refractivity contribution in [2.24, 2.45) is 0 Å². The molecule has 2 fully saturated rings. The number of hydrogen-bond donors (Lipinski definition) is 1. The summed E-state index contributed by atoms with van der Waals surface area (Å²) in [5.74, 6) is 0.631. The molecule has 3 rings (SSSR count). The maximum absolute atomic E-state index is 6.28. The minimum absolute atomic E-state index is 0.542. The Morgan fingerprint density at radius 2 is 2.00 bits per heavy atom. The first-order valence-corrected chi connectivity index (χ1v) is 8.40. The van der Waals surface area contributed by atoms with Crippen molar-refractivity contribution in [2.45, 2.75) is 37.8 Å². The van der Waals surface area contributed by atoms with Gasteiger partial charge in [0, 0.05) is 36.7 Å². The van der Waals surface area contributed by atoms with Gasteiger partial charge in [-0.15, -0.1) is 0 Å². The van der Waals surface area contributed by atoms with Crippen molar-refractivity contribution in [2.75, 3.05) is 32.8 Å². The SMILES string of the molecule is CC(CN1CCOCC1)NC1CC(c2ccccc2Cl)C1. The van der Waals surface area contributed by atoms with Crippen molar-refractivity contribution in [1.29, 1.82) is 0 Å². The van der Waals surface area contributed by atoms with Crippen molar-refractivity contribution < 1.29 is 4.74 Å². The molecule has 21 heavy (non-hydrogen) atoms. The molecule has 3 nitrogen and oxygen atoms in total. The van der Waals surface area contributed by atoms with Crippen LogP contribution in [-0.2, 0) is 4.74 Å². The first-order chi connectivity index (χ1) is 10.2. The highest BCUT2D eigenvalue weighted by Crippen LogP contribution is 2.40. The molecule has 1 saturated carbocycles. The predicted molar refractivity (Wildman–Crippen MR) is 87.1 cm³/mol. The third-order valence-electron chi connectivity index (χ3n) is 4.64.